The van der Waals surface area contributed by atoms with E-state index < -0.39 is 10.0 Å². The summed E-state index contributed by atoms with van der Waals surface area (Å²) in [5.74, 6) is -0.0266. The molecule has 1 aromatic carbocycles. The third-order valence-corrected chi connectivity index (χ3v) is 4.55. The van der Waals surface area contributed by atoms with Crippen LogP contribution in [0.25, 0.3) is 0 Å². The van der Waals surface area contributed by atoms with Crippen LogP contribution >= 0.6 is 0 Å². The molecule has 0 aliphatic carbocycles. The number of amides is 1. The Morgan fingerprint density at radius 1 is 1.26 bits per heavy atom. The average molecular weight is 282 g/mol. The van der Waals surface area contributed by atoms with E-state index in [0.29, 0.717) is 11.3 Å². The largest absolute Gasteiger partial charge is 0.339 e. The molecule has 0 N–H and O–H groups in total. The summed E-state index contributed by atoms with van der Waals surface area (Å²) in [6.07, 6.45) is 3.21. The molecule has 19 heavy (non-hydrogen) atoms. The average Bonchev–Trinajstić information content (AvgIpc) is 2.90. The SMILES string of the molecule is CN(c1cccc(C(=O)N2CCCC2)c1)S(C)(=O)=O. The Morgan fingerprint density at radius 2 is 1.89 bits per heavy atom. The Bertz CT molecular complexity index is 577. The fraction of sp³-hybridized carbons (Fsp3) is 0.462. The van der Waals surface area contributed by atoms with E-state index in [-0.39, 0.29) is 5.91 Å². The van der Waals surface area contributed by atoms with Gasteiger partial charge in [-0.05, 0) is 31.0 Å². The van der Waals surface area contributed by atoms with Crippen LogP contribution in [-0.2, 0) is 10.0 Å². The number of sulfonamides is 1. The van der Waals surface area contributed by atoms with Gasteiger partial charge in [0.05, 0.1) is 11.9 Å². The second-order valence-corrected chi connectivity index (χ2v) is 6.79. The quantitative estimate of drug-likeness (QED) is 0.840. The number of benzene rings is 1. The second kappa shape index (κ2) is 5.21. The maximum Gasteiger partial charge on any atom is 0.253 e. The molecule has 2 rings (SSSR count). The lowest BCUT2D eigenvalue weighted by molar-refractivity contribution is 0.0793. The van der Waals surface area contributed by atoms with Gasteiger partial charge in [-0.15, -0.1) is 0 Å². The first-order valence-electron chi connectivity index (χ1n) is 6.23. The van der Waals surface area contributed by atoms with Crippen molar-refractivity contribution in [2.24, 2.45) is 0 Å². The van der Waals surface area contributed by atoms with Crippen LogP contribution in [0.2, 0.25) is 0 Å². The Balaban J connectivity index is 2.26. The Morgan fingerprint density at radius 3 is 2.47 bits per heavy atom. The molecule has 0 saturated carbocycles. The van der Waals surface area contributed by atoms with Gasteiger partial charge < -0.3 is 4.90 Å². The van der Waals surface area contributed by atoms with Crippen molar-refractivity contribution in [3.8, 4) is 0 Å². The number of hydrogen-bond acceptors (Lipinski definition) is 3. The van der Waals surface area contributed by atoms with Crippen molar-refractivity contribution in [3.05, 3.63) is 29.8 Å². The normalized spacial score (nSPS) is 15.6. The lowest BCUT2D eigenvalue weighted by Gasteiger charge is -2.19. The van der Waals surface area contributed by atoms with Crippen molar-refractivity contribution < 1.29 is 13.2 Å². The number of carbonyl (C=O) groups is 1. The summed E-state index contributed by atoms with van der Waals surface area (Å²) in [5, 5.41) is 0. The number of anilines is 1. The minimum absolute atomic E-state index is 0.0266. The van der Waals surface area contributed by atoms with E-state index in [2.05, 4.69) is 0 Å². The van der Waals surface area contributed by atoms with Gasteiger partial charge in [-0.3, -0.25) is 9.10 Å². The third-order valence-electron chi connectivity index (χ3n) is 3.35. The molecule has 104 valence electrons. The van der Waals surface area contributed by atoms with E-state index in [1.54, 1.807) is 29.2 Å². The van der Waals surface area contributed by atoms with Gasteiger partial charge in [0.25, 0.3) is 5.91 Å². The molecule has 1 aliphatic rings. The zero-order chi connectivity index (χ0) is 14.0. The van der Waals surface area contributed by atoms with Crippen molar-refractivity contribution >= 4 is 21.6 Å². The van der Waals surface area contributed by atoms with Crippen LogP contribution in [0, 0.1) is 0 Å². The highest BCUT2D eigenvalue weighted by molar-refractivity contribution is 7.92. The highest BCUT2D eigenvalue weighted by atomic mass is 32.2. The molecule has 1 saturated heterocycles. The predicted octanol–water partition coefficient (Wildman–Crippen LogP) is 1.32. The lowest BCUT2D eigenvalue weighted by atomic mass is 10.2. The van der Waals surface area contributed by atoms with Gasteiger partial charge in [-0.25, -0.2) is 8.42 Å². The summed E-state index contributed by atoms with van der Waals surface area (Å²) in [7, 11) is -1.83. The van der Waals surface area contributed by atoms with Crippen LogP contribution in [-0.4, -0.2) is 45.6 Å². The van der Waals surface area contributed by atoms with Crippen molar-refractivity contribution in [3.63, 3.8) is 0 Å². The standard InChI is InChI=1S/C13H18N2O3S/c1-14(19(2,17)18)12-7-5-6-11(10-12)13(16)15-8-3-4-9-15/h5-7,10H,3-4,8-9H2,1-2H3. The van der Waals surface area contributed by atoms with E-state index in [1.165, 1.54) is 11.4 Å². The second-order valence-electron chi connectivity index (χ2n) is 4.78. The molecule has 1 fully saturated rings. The summed E-state index contributed by atoms with van der Waals surface area (Å²) < 4.78 is 24.2. The van der Waals surface area contributed by atoms with E-state index in [1.807, 2.05) is 0 Å². The van der Waals surface area contributed by atoms with Crippen molar-refractivity contribution in [2.75, 3.05) is 30.7 Å². The molecule has 0 unspecified atom stereocenters. The summed E-state index contributed by atoms with van der Waals surface area (Å²) in [6.45, 7) is 1.57. The first-order valence-corrected chi connectivity index (χ1v) is 8.07. The van der Waals surface area contributed by atoms with Gasteiger partial charge in [0, 0.05) is 25.7 Å². The molecule has 6 heteroatoms. The van der Waals surface area contributed by atoms with Crippen LogP contribution < -0.4 is 4.31 Å². The molecule has 1 heterocycles. The van der Waals surface area contributed by atoms with Gasteiger partial charge in [0.15, 0.2) is 0 Å². The van der Waals surface area contributed by atoms with Gasteiger partial charge in [-0.1, -0.05) is 6.07 Å². The molecule has 0 spiro atoms. The smallest absolute Gasteiger partial charge is 0.253 e. The first-order chi connectivity index (χ1) is 8.89. The zero-order valence-corrected chi connectivity index (χ0v) is 12.0. The first kappa shape index (κ1) is 13.9. The Kier molecular flexibility index (Phi) is 3.80. The van der Waals surface area contributed by atoms with Crippen LogP contribution in [0.5, 0.6) is 0 Å². The number of carbonyl (C=O) groups excluding carboxylic acids is 1. The Hall–Kier alpha value is -1.56. The summed E-state index contributed by atoms with van der Waals surface area (Å²) in [4.78, 5) is 14.0. The van der Waals surface area contributed by atoms with Crippen molar-refractivity contribution in [1.82, 2.24) is 4.90 Å². The number of rotatable bonds is 3. The fourth-order valence-electron chi connectivity index (χ4n) is 2.13. The maximum absolute atomic E-state index is 12.2. The van der Waals surface area contributed by atoms with E-state index in [9.17, 15) is 13.2 Å². The molecular formula is C13H18N2O3S. The van der Waals surface area contributed by atoms with Crippen molar-refractivity contribution in [1.29, 1.82) is 0 Å². The highest BCUT2D eigenvalue weighted by Crippen LogP contribution is 2.19. The van der Waals surface area contributed by atoms with Gasteiger partial charge in [0.2, 0.25) is 10.0 Å². The maximum atomic E-state index is 12.2. The summed E-state index contributed by atoms with van der Waals surface area (Å²) >= 11 is 0. The van der Waals surface area contributed by atoms with Gasteiger partial charge in [0.1, 0.15) is 0 Å². The topological polar surface area (TPSA) is 57.7 Å². The molecule has 0 radical (unpaired) electrons. The monoisotopic (exact) mass is 282 g/mol. The molecular weight excluding hydrogens is 264 g/mol. The number of nitrogens with zero attached hydrogens (tertiary/aromatic N) is 2. The summed E-state index contributed by atoms with van der Waals surface area (Å²) in [5.41, 5.74) is 1.04. The van der Waals surface area contributed by atoms with Gasteiger partial charge >= 0.3 is 0 Å². The summed E-state index contributed by atoms with van der Waals surface area (Å²) in [6, 6.07) is 6.74. The molecule has 1 aromatic rings. The molecule has 5 nitrogen and oxygen atoms in total. The van der Waals surface area contributed by atoms with Crippen LogP contribution in [0.1, 0.15) is 23.2 Å². The molecule has 0 aromatic heterocycles. The fourth-order valence-corrected chi connectivity index (χ4v) is 2.63. The third kappa shape index (κ3) is 3.07. The predicted molar refractivity (Wildman–Crippen MR) is 74.8 cm³/mol. The Labute approximate surface area is 113 Å². The van der Waals surface area contributed by atoms with Crippen molar-refractivity contribution in [2.45, 2.75) is 12.8 Å². The zero-order valence-electron chi connectivity index (χ0n) is 11.2. The van der Waals surface area contributed by atoms with E-state index in [4.69, 9.17) is 0 Å². The number of hydrogen-bond donors (Lipinski definition) is 0. The minimum atomic E-state index is -3.31. The molecule has 0 bridgehead atoms. The van der Waals surface area contributed by atoms with E-state index in [0.717, 1.165) is 32.2 Å². The molecule has 0 atom stereocenters. The highest BCUT2D eigenvalue weighted by Gasteiger charge is 2.20. The molecule has 1 amide bonds. The van der Waals surface area contributed by atoms with Crippen LogP contribution in [0.3, 0.4) is 0 Å². The lowest BCUT2D eigenvalue weighted by Crippen LogP contribution is -2.28. The van der Waals surface area contributed by atoms with Crippen LogP contribution in [0.15, 0.2) is 24.3 Å². The molecule has 1 aliphatic heterocycles. The van der Waals surface area contributed by atoms with Gasteiger partial charge in [-0.2, -0.15) is 0 Å². The van der Waals surface area contributed by atoms with Crippen LogP contribution in [0.4, 0.5) is 5.69 Å². The van der Waals surface area contributed by atoms with E-state index >= 15 is 0 Å². The minimum Gasteiger partial charge on any atom is -0.339 e. The number of likely N-dealkylation sites (tertiary alicyclic amines) is 1.